The van der Waals surface area contributed by atoms with E-state index in [0.29, 0.717) is 24.3 Å². The number of imide groups is 1. The summed E-state index contributed by atoms with van der Waals surface area (Å²) >= 11 is 0. The molecule has 0 saturated carbocycles. The van der Waals surface area contributed by atoms with Crippen LogP contribution < -0.4 is 0 Å². The molecule has 2 rings (SSSR count). The molecule has 1 aromatic carbocycles. The van der Waals surface area contributed by atoms with Gasteiger partial charge in [-0.25, -0.2) is 0 Å². The summed E-state index contributed by atoms with van der Waals surface area (Å²) in [5.74, 6) is -0.912. The van der Waals surface area contributed by atoms with E-state index in [0.717, 1.165) is 4.90 Å². The zero-order chi connectivity index (χ0) is 20.0. The number of β-amino-alcohol motifs (C(OH)–C–C–N with tert-alkyl or cyclic N) is 1. The molecule has 27 heavy (non-hydrogen) atoms. The molecule has 2 N–H and O–H groups in total. The van der Waals surface area contributed by atoms with Gasteiger partial charge in [-0.3, -0.25) is 0 Å². The van der Waals surface area contributed by atoms with Crippen LogP contribution in [0.1, 0.15) is 41.5 Å². The zero-order valence-electron chi connectivity index (χ0n) is 15.9. The predicted molar refractivity (Wildman–Crippen MR) is 102 cm³/mol. The Labute approximate surface area is 159 Å². The van der Waals surface area contributed by atoms with Crippen LogP contribution in [0.5, 0.6) is 0 Å². The molecule has 0 fully saturated rings. The van der Waals surface area contributed by atoms with Crippen LogP contribution in [-0.4, -0.2) is 71.4 Å². The molecule has 1 aliphatic heterocycles. The van der Waals surface area contributed by atoms with Gasteiger partial charge in [-0.15, -0.1) is 0 Å². The predicted octanol–water partition coefficient (Wildman–Crippen LogP) is 1.61. The van der Waals surface area contributed by atoms with Crippen molar-refractivity contribution in [1.29, 1.82) is 0 Å². The van der Waals surface area contributed by atoms with Gasteiger partial charge >= 0.3 is 159 Å². The quantitative estimate of drug-likeness (QED) is 0.330. The van der Waals surface area contributed by atoms with Crippen LogP contribution in [0.25, 0.3) is 0 Å². The molecule has 1 aliphatic rings. The van der Waals surface area contributed by atoms with Gasteiger partial charge in [0.25, 0.3) is 0 Å². The van der Waals surface area contributed by atoms with Crippen molar-refractivity contribution >= 4 is 19.5 Å². The first-order valence-corrected chi connectivity index (χ1v) is 11.2. The third-order valence-corrected chi connectivity index (χ3v) is 7.11. The van der Waals surface area contributed by atoms with Crippen molar-refractivity contribution in [3.8, 4) is 0 Å². The average molecular weight is 401 g/mol. The number of carbonyl (C=O) groups is 2. The maximum atomic E-state index is 12.4. The van der Waals surface area contributed by atoms with Crippen molar-refractivity contribution in [2.75, 3.05) is 32.5 Å². The number of nitrogens with zero attached hydrogens (tertiary/aromatic N) is 1. The second-order valence-corrected chi connectivity index (χ2v) is 9.00. The van der Waals surface area contributed by atoms with Crippen LogP contribution in [0.15, 0.2) is 24.3 Å². The summed E-state index contributed by atoms with van der Waals surface area (Å²) in [5.41, 5.74) is 0.627. The van der Waals surface area contributed by atoms with Gasteiger partial charge in [0.15, 0.2) is 0 Å². The number of aliphatic hydroxyl groups excluding tert-OH is 1. The van der Waals surface area contributed by atoms with Crippen LogP contribution >= 0.6 is 7.72 Å². The second-order valence-electron chi connectivity index (χ2n) is 6.14. The first kappa shape index (κ1) is 21.9. The molecule has 0 aromatic heterocycles. The molecule has 0 radical (unpaired) electrons. The topological polar surface area (TPSA) is 106 Å². The van der Waals surface area contributed by atoms with E-state index in [2.05, 4.69) is 0 Å². The van der Waals surface area contributed by atoms with E-state index in [9.17, 15) is 19.6 Å². The fraction of sp³-hybridized carbons (Fsp3) is 0.556. The Morgan fingerprint density at radius 3 is 1.96 bits per heavy atom. The van der Waals surface area contributed by atoms with Gasteiger partial charge in [-0.1, -0.05) is 0 Å². The zero-order valence-corrected chi connectivity index (χ0v) is 16.9. The molecule has 152 valence electrons. The number of rotatable bonds is 11. The molecule has 0 spiro atoms. The summed E-state index contributed by atoms with van der Waals surface area (Å²) in [6.45, 7) is 5.86. The molecule has 1 atom stereocenters. The number of ether oxygens (including phenoxy) is 2. The van der Waals surface area contributed by atoms with Gasteiger partial charge in [0.2, 0.25) is 0 Å². The summed E-state index contributed by atoms with van der Waals surface area (Å²) in [5, 5.41) is 10.5. The molecule has 1 aromatic rings. The van der Waals surface area contributed by atoms with Gasteiger partial charge in [0.05, 0.1) is 0 Å². The first-order chi connectivity index (χ1) is 12.9. The van der Waals surface area contributed by atoms with Crippen molar-refractivity contribution in [2.24, 2.45) is 0 Å². The SMILES string of the molecule is CCOC(OCC)[PH](O)(CC(O)CN1C(=O)c2ccccc2C1=O)OCC. The number of hydrogen-bond donors (Lipinski definition) is 2. The minimum atomic E-state index is -3.62. The third kappa shape index (κ3) is 4.90. The van der Waals surface area contributed by atoms with E-state index < -0.39 is 31.7 Å². The Bertz CT molecular complexity index is 630. The first-order valence-electron chi connectivity index (χ1n) is 9.10. The second kappa shape index (κ2) is 9.68. The van der Waals surface area contributed by atoms with Crippen LogP contribution in [0.3, 0.4) is 0 Å². The summed E-state index contributed by atoms with van der Waals surface area (Å²) in [6, 6.07) is 5.55. The summed E-state index contributed by atoms with van der Waals surface area (Å²) in [4.78, 5) is 36.9. The number of aliphatic hydroxyl groups is 1. The molecular weight excluding hydrogens is 373 g/mol. The van der Waals surface area contributed by atoms with E-state index >= 15 is 0 Å². The van der Waals surface area contributed by atoms with Crippen molar-refractivity contribution in [1.82, 2.24) is 4.90 Å². The monoisotopic (exact) mass is 401 g/mol. The summed E-state index contributed by atoms with van der Waals surface area (Å²) < 4.78 is 16.5. The fourth-order valence-corrected chi connectivity index (χ4v) is 5.71. The minimum absolute atomic E-state index is 0.154. The van der Waals surface area contributed by atoms with Crippen molar-refractivity contribution in [2.45, 2.75) is 32.9 Å². The van der Waals surface area contributed by atoms with E-state index in [1.807, 2.05) is 0 Å². The van der Waals surface area contributed by atoms with Crippen LogP contribution in [-0.2, 0) is 14.0 Å². The van der Waals surface area contributed by atoms with Gasteiger partial charge in [-0.05, 0) is 0 Å². The molecule has 1 unspecified atom stereocenters. The third-order valence-electron chi connectivity index (χ3n) is 4.20. The van der Waals surface area contributed by atoms with Crippen LogP contribution in [0, 0.1) is 0 Å². The average Bonchev–Trinajstić information content (AvgIpc) is 2.87. The Balaban J connectivity index is 2.11. The van der Waals surface area contributed by atoms with Gasteiger partial charge < -0.3 is 0 Å². The van der Waals surface area contributed by atoms with Crippen LogP contribution in [0.2, 0.25) is 0 Å². The Morgan fingerprint density at radius 2 is 1.52 bits per heavy atom. The molecule has 0 bridgehead atoms. The molecule has 0 aliphatic carbocycles. The Hall–Kier alpha value is -1.41. The standard InChI is InChI=1S/C18H28NO7P/c1-4-24-18(25-5-2)27(23,26-6-3)12-13(20)11-19-16(21)14-9-7-8-10-15(14)17(19)22/h7-10,13,18,20,23,27H,4-6,11-12H2,1-3H3. The molecule has 1 heterocycles. The fourth-order valence-electron chi connectivity index (χ4n) is 3.10. The number of hydrogen-bond acceptors (Lipinski definition) is 7. The van der Waals surface area contributed by atoms with Gasteiger partial charge in [-0.2, -0.15) is 0 Å². The summed E-state index contributed by atoms with van der Waals surface area (Å²) in [7, 11) is -3.62. The number of benzene rings is 1. The van der Waals surface area contributed by atoms with Crippen molar-refractivity contribution in [3.63, 3.8) is 0 Å². The van der Waals surface area contributed by atoms with E-state index in [-0.39, 0.29) is 19.3 Å². The van der Waals surface area contributed by atoms with E-state index in [1.54, 1.807) is 45.0 Å². The number of amides is 2. The Morgan fingerprint density at radius 1 is 1.00 bits per heavy atom. The van der Waals surface area contributed by atoms with Gasteiger partial charge in [0, 0.05) is 0 Å². The number of carbonyl (C=O) groups excluding carboxylic acids is 2. The molecule has 2 amide bonds. The number of fused-ring (bicyclic) bond motifs is 1. The van der Waals surface area contributed by atoms with Crippen molar-refractivity contribution < 1.29 is 33.6 Å². The van der Waals surface area contributed by atoms with Crippen LogP contribution in [0.4, 0.5) is 0 Å². The van der Waals surface area contributed by atoms with Crippen molar-refractivity contribution in [3.05, 3.63) is 35.4 Å². The van der Waals surface area contributed by atoms with E-state index in [4.69, 9.17) is 14.0 Å². The molecule has 9 heteroatoms. The summed E-state index contributed by atoms with van der Waals surface area (Å²) in [6.07, 6.45) is -1.32. The Kier molecular flexibility index (Phi) is 7.85. The molecule has 8 nitrogen and oxygen atoms in total. The normalized spacial score (nSPS) is 16.1. The molecule has 0 saturated heterocycles. The van der Waals surface area contributed by atoms with E-state index in [1.165, 1.54) is 0 Å². The van der Waals surface area contributed by atoms with Gasteiger partial charge in [0.1, 0.15) is 0 Å². The maximum absolute atomic E-state index is 12.4. The molecular formula is C18H28NO7P.